The van der Waals surface area contributed by atoms with E-state index in [4.69, 9.17) is 0 Å². The Kier molecular flexibility index (Phi) is 4.58. The highest BCUT2D eigenvalue weighted by molar-refractivity contribution is 6.05. The Bertz CT molecular complexity index is 335. The number of hydrogen-bond donors (Lipinski definition) is 2. The van der Waals surface area contributed by atoms with Crippen LogP contribution in [0.1, 0.15) is 33.1 Å². The number of imide groups is 1. The van der Waals surface area contributed by atoms with Gasteiger partial charge in [-0.25, -0.2) is 0 Å². The summed E-state index contributed by atoms with van der Waals surface area (Å²) in [5.41, 5.74) is 0. The van der Waals surface area contributed by atoms with Crippen LogP contribution in [-0.2, 0) is 9.59 Å². The van der Waals surface area contributed by atoms with Crippen LogP contribution < -0.4 is 5.32 Å². The number of aliphatic hydroxyl groups excluding tert-OH is 1. The van der Waals surface area contributed by atoms with E-state index in [-0.39, 0.29) is 30.2 Å². The number of rotatable bonds is 6. The molecule has 5 heteroatoms. The average molecular weight is 268 g/mol. The van der Waals surface area contributed by atoms with Crippen molar-refractivity contribution in [2.45, 2.75) is 39.2 Å². The topological polar surface area (TPSA) is 69.6 Å². The third-order valence-electron chi connectivity index (χ3n) is 4.16. The summed E-state index contributed by atoms with van der Waals surface area (Å²) < 4.78 is 0. The number of amides is 2. The predicted octanol–water partition coefficient (Wildman–Crippen LogP) is 0.378. The van der Waals surface area contributed by atoms with E-state index in [2.05, 4.69) is 19.2 Å². The molecule has 2 N–H and O–H groups in total. The number of hydrogen-bond acceptors (Lipinski definition) is 4. The number of nitrogens with zero attached hydrogens (tertiary/aromatic N) is 1. The third kappa shape index (κ3) is 2.98. The average Bonchev–Trinajstić information content (AvgIpc) is 2.84. The van der Waals surface area contributed by atoms with Crippen LogP contribution in [0.3, 0.4) is 0 Å². The van der Waals surface area contributed by atoms with Crippen LogP contribution in [-0.4, -0.2) is 47.6 Å². The van der Waals surface area contributed by atoms with Crippen molar-refractivity contribution in [1.82, 2.24) is 10.2 Å². The molecule has 2 amide bonds. The van der Waals surface area contributed by atoms with Crippen molar-refractivity contribution >= 4 is 11.8 Å². The maximum atomic E-state index is 12.2. The zero-order valence-corrected chi connectivity index (χ0v) is 11.8. The first-order valence-electron chi connectivity index (χ1n) is 7.28. The molecule has 19 heavy (non-hydrogen) atoms. The minimum absolute atomic E-state index is 0.0751. The van der Waals surface area contributed by atoms with Crippen LogP contribution in [0.5, 0.6) is 0 Å². The van der Waals surface area contributed by atoms with Crippen molar-refractivity contribution in [1.29, 1.82) is 0 Å². The van der Waals surface area contributed by atoms with E-state index in [1.54, 1.807) is 0 Å². The van der Waals surface area contributed by atoms with Crippen LogP contribution >= 0.6 is 0 Å². The van der Waals surface area contributed by atoms with Crippen LogP contribution in [0.4, 0.5) is 0 Å². The highest BCUT2D eigenvalue weighted by Gasteiger charge is 2.51. The predicted molar refractivity (Wildman–Crippen MR) is 71.3 cm³/mol. The maximum absolute atomic E-state index is 12.2. The van der Waals surface area contributed by atoms with Gasteiger partial charge in [-0.15, -0.1) is 0 Å². The quantitative estimate of drug-likeness (QED) is 0.540. The number of nitrogens with one attached hydrogen (secondary N) is 1. The molecule has 1 heterocycles. The highest BCUT2D eigenvalue weighted by atomic mass is 16.3. The molecule has 2 rings (SSSR count). The van der Waals surface area contributed by atoms with Crippen molar-refractivity contribution in [2.24, 2.45) is 17.8 Å². The molecule has 2 fully saturated rings. The number of fused-ring (bicyclic) bond motifs is 1. The fourth-order valence-corrected chi connectivity index (χ4v) is 3.25. The monoisotopic (exact) mass is 268 g/mol. The number of carbonyl (C=O) groups excluding carboxylic acids is 2. The lowest BCUT2D eigenvalue weighted by Gasteiger charge is -2.20. The molecule has 3 atom stereocenters. The molecule has 5 nitrogen and oxygen atoms in total. The number of likely N-dealkylation sites (tertiary alicyclic amines) is 1. The first-order valence-corrected chi connectivity index (χ1v) is 7.28. The van der Waals surface area contributed by atoms with Crippen molar-refractivity contribution in [3.05, 3.63) is 0 Å². The molecule has 1 saturated carbocycles. The van der Waals surface area contributed by atoms with E-state index >= 15 is 0 Å². The van der Waals surface area contributed by atoms with Gasteiger partial charge in [-0.2, -0.15) is 0 Å². The second-order valence-corrected chi connectivity index (χ2v) is 5.93. The van der Waals surface area contributed by atoms with Gasteiger partial charge in [0.15, 0.2) is 0 Å². The molecule has 0 bridgehead atoms. The second-order valence-electron chi connectivity index (χ2n) is 5.93. The van der Waals surface area contributed by atoms with E-state index in [1.807, 2.05) is 0 Å². The molecule has 0 aromatic carbocycles. The molecule has 1 saturated heterocycles. The summed E-state index contributed by atoms with van der Waals surface area (Å²) in [6.07, 6.45) is 1.96. The first-order chi connectivity index (χ1) is 9.04. The van der Waals surface area contributed by atoms with Crippen molar-refractivity contribution < 1.29 is 14.7 Å². The second kappa shape index (κ2) is 6.01. The summed E-state index contributed by atoms with van der Waals surface area (Å²) in [6.45, 7) is 5.54. The van der Waals surface area contributed by atoms with Gasteiger partial charge in [0.1, 0.15) is 0 Å². The van der Waals surface area contributed by atoms with E-state index in [0.717, 1.165) is 25.8 Å². The summed E-state index contributed by atoms with van der Waals surface area (Å²) in [7, 11) is 0. The third-order valence-corrected chi connectivity index (χ3v) is 4.16. The van der Waals surface area contributed by atoms with Gasteiger partial charge in [-0.05, 0) is 31.7 Å². The van der Waals surface area contributed by atoms with Gasteiger partial charge in [0, 0.05) is 6.54 Å². The summed E-state index contributed by atoms with van der Waals surface area (Å²) in [5, 5.41) is 13.0. The Morgan fingerprint density at radius 3 is 2.42 bits per heavy atom. The van der Waals surface area contributed by atoms with E-state index in [0.29, 0.717) is 12.5 Å². The van der Waals surface area contributed by atoms with Gasteiger partial charge in [0.2, 0.25) is 11.8 Å². The normalized spacial score (nSPS) is 31.9. The zero-order chi connectivity index (χ0) is 14.0. The van der Waals surface area contributed by atoms with Gasteiger partial charge in [-0.3, -0.25) is 14.5 Å². The fraction of sp³-hybridized carbons (Fsp3) is 0.857. The molecule has 0 spiro atoms. The number of β-amino-alcohol motifs (C(OH)–C–C–N with tert-alkyl or cyclic N) is 1. The lowest BCUT2D eigenvalue weighted by atomic mass is 10.00. The van der Waals surface area contributed by atoms with Crippen LogP contribution in [0.2, 0.25) is 0 Å². The molecule has 1 aliphatic heterocycles. The van der Waals surface area contributed by atoms with Gasteiger partial charge in [-0.1, -0.05) is 13.8 Å². The van der Waals surface area contributed by atoms with Crippen LogP contribution in [0.25, 0.3) is 0 Å². The Morgan fingerprint density at radius 1 is 1.32 bits per heavy atom. The lowest BCUT2D eigenvalue weighted by molar-refractivity contribution is -0.142. The largest absolute Gasteiger partial charge is 0.390 e. The van der Waals surface area contributed by atoms with Crippen molar-refractivity contribution in [3.8, 4) is 0 Å². The van der Waals surface area contributed by atoms with Crippen molar-refractivity contribution in [2.75, 3.05) is 19.6 Å². The zero-order valence-electron chi connectivity index (χ0n) is 11.8. The Balaban J connectivity index is 1.88. The van der Waals surface area contributed by atoms with E-state index in [1.165, 1.54) is 4.90 Å². The Morgan fingerprint density at radius 2 is 1.89 bits per heavy atom. The molecular formula is C14H24N2O3. The van der Waals surface area contributed by atoms with Gasteiger partial charge >= 0.3 is 0 Å². The molecule has 0 radical (unpaired) electrons. The molecule has 0 aromatic rings. The first kappa shape index (κ1) is 14.5. The SMILES string of the molecule is CCCNCC(O)CN1C(=O)C2CC(C)CC2C1=O. The molecule has 2 aliphatic rings. The fourth-order valence-electron chi connectivity index (χ4n) is 3.25. The molecule has 3 unspecified atom stereocenters. The Hall–Kier alpha value is -0.940. The van der Waals surface area contributed by atoms with Gasteiger partial charge in [0.05, 0.1) is 24.5 Å². The highest BCUT2D eigenvalue weighted by Crippen LogP contribution is 2.42. The van der Waals surface area contributed by atoms with Crippen LogP contribution in [0.15, 0.2) is 0 Å². The summed E-state index contributed by atoms with van der Waals surface area (Å²) in [5.74, 6) is 0.0561. The minimum atomic E-state index is -0.671. The summed E-state index contributed by atoms with van der Waals surface area (Å²) in [6, 6.07) is 0. The molecule has 1 aliphatic carbocycles. The van der Waals surface area contributed by atoms with Crippen LogP contribution in [0, 0.1) is 17.8 Å². The molecular weight excluding hydrogens is 244 g/mol. The molecule has 108 valence electrons. The maximum Gasteiger partial charge on any atom is 0.233 e. The van der Waals surface area contributed by atoms with Crippen molar-refractivity contribution in [3.63, 3.8) is 0 Å². The van der Waals surface area contributed by atoms with Gasteiger partial charge < -0.3 is 10.4 Å². The smallest absolute Gasteiger partial charge is 0.233 e. The lowest BCUT2D eigenvalue weighted by Crippen LogP contribution is -2.42. The number of aliphatic hydroxyl groups is 1. The van der Waals surface area contributed by atoms with E-state index < -0.39 is 6.10 Å². The Labute approximate surface area is 114 Å². The standard InChI is InChI=1S/C14H24N2O3/c1-3-4-15-7-10(17)8-16-13(18)11-5-9(2)6-12(11)14(16)19/h9-12,15,17H,3-8H2,1-2H3. The minimum Gasteiger partial charge on any atom is -0.390 e. The summed E-state index contributed by atoms with van der Waals surface area (Å²) >= 11 is 0. The van der Waals surface area contributed by atoms with E-state index in [9.17, 15) is 14.7 Å². The summed E-state index contributed by atoms with van der Waals surface area (Å²) in [4.78, 5) is 25.6. The van der Waals surface area contributed by atoms with Gasteiger partial charge in [0.25, 0.3) is 0 Å². The molecule has 0 aromatic heterocycles. The number of carbonyl (C=O) groups is 2.